The first kappa shape index (κ1) is 11.2. The fraction of sp³-hybridized carbons (Fsp3) is 0.100. The topological polar surface area (TPSA) is 73.9 Å². The van der Waals surface area contributed by atoms with Crippen molar-refractivity contribution in [2.75, 3.05) is 5.73 Å². The molecule has 0 amide bonds. The standard InChI is InChI=1S/C10H8F2N4O/c11-10(12)17-7-5-15-16-9(13)8(7)6-2-1-3-14-4-6/h1-5,10H,(H2,13,16). The third kappa shape index (κ3) is 2.44. The van der Waals surface area contributed by atoms with E-state index in [0.29, 0.717) is 5.56 Å². The number of nitrogens with zero attached hydrogens (tertiary/aromatic N) is 3. The van der Waals surface area contributed by atoms with Crippen molar-refractivity contribution in [1.29, 1.82) is 0 Å². The van der Waals surface area contributed by atoms with Gasteiger partial charge in [-0.15, -0.1) is 5.10 Å². The van der Waals surface area contributed by atoms with Crippen LogP contribution in [0.4, 0.5) is 14.6 Å². The van der Waals surface area contributed by atoms with Crippen molar-refractivity contribution in [3.63, 3.8) is 0 Å². The quantitative estimate of drug-likeness (QED) is 0.881. The van der Waals surface area contributed by atoms with Gasteiger partial charge in [0, 0.05) is 18.0 Å². The Kier molecular flexibility index (Phi) is 3.08. The van der Waals surface area contributed by atoms with Crippen molar-refractivity contribution >= 4 is 5.82 Å². The van der Waals surface area contributed by atoms with Gasteiger partial charge >= 0.3 is 6.61 Å². The average Bonchev–Trinajstić information content (AvgIpc) is 2.29. The number of pyridine rings is 1. The molecule has 0 saturated heterocycles. The molecule has 0 aliphatic carbocycles. The molecule has 0 bridgehead atoms. The van der Waals surface area contributed by atoms with Crippen molar-refractivity contribution in [3.8, 4) is 16.9 Å². The summed E-state index contributed by atoms with van der Waals surface area (Å²) < 4.78 is 28.8. The molecule has 0 aliphatic heterocycles. The van der Waals surface area contributed by atoms with Gasteiger partial charge in [-0.3, -0.25) is 4.98 Å². The number of hydrogen-bond donors (Lipinski definition) is 1. The molecule has 2 aromatic heterocycles. The van der Waals surface area contributed by atoms with Crippen LogP contribution < -0.4 is 10.5 Å². The van der Waals surface area contributed by atoms with Gasteiger partial charge in [-0.2, -0.15) is 13.9 Å². The van der Waals surface area contributed by atoms with E-state index in [-0.39, 0.29) is 17.1 Å². The van der Waals surface area contributed by atoms with E-state index < -0.39 is 6.61 Å². The molecular weight excluding hydrogens is 230 g/mol. The van der Waals surface area contributed by atoms with Crippen LogP contribution in [0.1, 0.15) is 0 Å². The molecule has 0 fully saturated rings. The summed E-state index contributed by atoms with van der Waals surface area (Å²) in [7, 11) is 0. The second-order valence-electron chi connectivity index (χ2n) is 3.09. The molecule has 5 nitrogen and oxygen atoms in total. The summed E-state index contributed by atoms with van der Waals surface area (Å²) in [5.74, 6) is -0.114. The molecule has 0 aromatic carbocycles. The van der Waals surface area contributed by atoms with Gasteiger partial charge in [0.2, 0.25) is 0 Å². The molecule has 2 heterocycles. The smallest absolute Gasteiger partial charge is 0.387 e. The van der Waals surface area contributed by atoms with Crippen LogP contribution in [0.2, 0.25) is 0 Å². The normalized spacial score (nSPS) is 10.5. The second kappa shape index (κ2) is 4.69. The molecule has 0 saturated carbocycles. The van der Waals surface area contributed by atoms with E-state index in [9.17, 15) is 8.78 Å². The van der Waals surface area contributed by atoms with Crippen molar-refractivity contribution in [3.05, 3.63) is 30.7 Å². The molecule has 0 unspecified atom stereocenters. The predicted molar refractivity (Wildman–Crippen MR) is 56.3 cm³/mol. The molecule has 2 N–H and O–H groups in total. The van der Waals surface area contributed by atoms with Crippen LogP contribution in [0.3, 0.4) is 0 Å². The lowest BCUT2D eigenvalue weighted by molar-refractivity contribution is -0.0497. The molecule has 7 heteroatoms. The zero-order valence-electron chi connectivity index (χ0n) is 8.55. The summed E-state index contributed by atoms with van der Waals surface area (Å²) >= 11 is 0. The highest BCUT2D eigenvalue weighted by molar-refractivity contribution is 5.78. The fourth-order valence-corrected chi connectivity index (χ4v) is 1.37. The monoisotopic (exact) mass is 238 g/mol. The number of rotatable bonds is 3. The van der Waals surface area contributed by atoms with E-state index in [1.807, 2.05) is 0 Å². The fourth-order valence-electron chi connectivity index (χ4n) is 1.37. The number of halogens is 2. The predicted octanol–water partition coefficient (Wildman–Crippen LogP) is 1.72. The molecule has 2 rings (SSSR count). The van der Waals surface area contributed by atoms with Crippen LogP contribution in [0.25, 0.3) is 11.1 Å². The lowest BCUT2D eigenvalue weighted by Gasteiger charge is -2.10. The second-order valence-corrected chi connectivity index (χ2v) is 3.09. The SMILES string of the molecule is Nc1nncc(OC(F)F)c1-c1cccnc1. The minimum atomic E-state index is -2.95. The zero-order chi connectivity index (χ0) is 12.3. The number of nitrogens with two attached hydrogens (primary N) is 1. The van der Waals surface area contributed by atoms with E-state index in [1.54, 1.807) is 18.3 Å². The maximum atomic E-state index is 12.2. The number of aromatic nitrogens is 3. The lowest BCUT2D eigenvalue weighted by atomic mass is 10.1. The van der Waals surface area contributed by atoms with Crippen LogP contribution in [0, 0.1) is 0 Å². The van der Waals surface area contributed by atoms with E-state index in [4.69, 9.17) is 5.73 Å². The van der Waals surface area contributed by atoms with E-state index in [1.165, 1.54) is 6.20 Å². The number of hydrogen-bond acceptors (Lipinski definition) is 5. The lowest BCUT2D eigenvalue weighted by Crippen LogP contribution is -2.06. The van der Waals surface area contributed by atoms with Crippen molar-refractivity contribution in [2.45, 2.75) is 6.61 Å². The Morgan fingerprint density at radius 1 is 1.29 bits per heavy atom. The molecule has 88 valence electrons. The van der Waals surface area contributed by atoms with E-state index in [0.717, 1.165) is 6.20 Å². The molecule has 2 aromatic rings. The molecule has 0 aliphatic rings. The third-order valence-electron chi connectivity index (χ3n) is 2.01. The van der Waals surface area contributed by atoms with Gasteiger partial charge in [-0.25, -0.2) is 0 Å². The summed E-state index contributed by atoms with van der Waals surface area (Å²) in [4.78, 5) is 3.88. The number of anilines is 1. The summed E-state index contributed by atoms with van der Waals surface area (Å²) in [5, 5.41) is 7.07. The molecular formula is C10H8F2N4O. The minimum Gasteiger partial charge on any atom is -0.432 e. The molecule has 0 spiro atoms. The van der Waals surface area contributed by atoms with E-state index in [2.05, 4.69) is 19.9 Å². The van der Waals surface area contributed by atoms with Crippen LogP contribution >= 0.6 is 0 Å². The van der Waals surface area contributed by atoms with Gasteiger partial charge in [0.25, 0.3) is 0 Å². The number of nitrogen functional groups attached to an aromatic ring is 1. The van der Waals surface area contributed by atoms with Crippen LogP contribution in [-0.4, -0.2) is 21.8 Å². The summed E-state index contributed by atoms with van der Waals surface area (Å²) in [6.45, 7) is -2.95. The van der Waals surface area contributed by atoms with Crippen LogP contribution in [-0.2, 0) is 0 Å². The number of alkyl halides is 2. The molecule has 0 atom stereocenters. The minimum absolute atomic E-state index is 0.0103. The van der Waals surface area contributed by atoms with Crippen LogP contribution in [0.15, 0.2) is 30.7 Å². The van der Waals surface area contributed by atoms with Gasteiger partial charge in [-0.1, -0.05) is 6.07 Å². The van der Waals surface area contributed by atoms with Gasteiger partial charge < -0.3 is 10.5 Å². The highest BCUT2D eigenvalue weighted by Crippen LogP contribution is 2.33. The largest absolute Gasteiger partial charge is 0.432 e. The van der Waals surface area contributed by atoms with E-state index >= 15 is 0 Å². The van der Waals surface area contributed by atoms with Crippen molar-refractivity contribution in [1.82, 2.24) is 15.2 Å². The van der Waals surface area contributed by atoms with Gasteiger partial charge in [0.1, 0.15) is 0 Å². The molecule has 17 heavy (non-hydrogen) atoms. The molecule has 0 radical (unpaired) electrons. The highest BCUT2D eigenvalue weighted by atomic mass is 19.3. The van der Waals surface area contributed by atoms with Crippen molar-refractivity contribution in [2.24, 2.45) is 0 Å². The van der Waals surface area contributed by atoms with Gasteiger partial charge in [0.15, 0.2) is 11.6 Å². The number of ether oxygens (including phenoxy) is 1. The van der Waals surface area contributed by atoms with Crippen LogP contribution in [0.5, 0.6) is 5.75 Å². The Labute approximate surface area is 95.3 Å². The Balaban J connectivity index is 2.51. The maximum Gasteiger partial charge on any atom is 0.387 e. The Morgan fingerprint density at radius 2 is 2.12 bits per heavy atom. The highest BCUT2D eigenvalue weighted by Gasteiger charge is 2.15. The zero-order valence-corrected chi connectivity index (χ0v) is 8.55. The third-order valence-corrected chi connectivity index (χ3v) is 2.01. The first-order chi connectivity index (χ1) is 8.18. The first-order valence-corrected chi connectivity index (χ1v) is 4.65. The summed E-state index contributed by atoms with van der Waals surface area (Å²) in [5.41, 5.74) is 6.40. The first-order valence-electron chi connectivity index (χ1n) is 4.65. The maximum absolute atomic E-state index is 12.2. The van der Waals surface area contributed by atoms with Gasteiger partial charge in [0.05, 0.1) is 11.8 Å². The Hall–Kier alpha value is -2.31. The van der Waals surface area contributed by atoms with Gasteiger partial charge in [-0.05, 0) is 6.07 Å². The summed E-state index contributed by atoms with van der Waals surface area (Å²) in [6, 6.07) is 3.32. The Morgan fingerprint density at radius 3 is 2.76 bits per heavy atom. The average molecular weight is 238 g/mol. The summed E-state index contributed by atoms with van der Waals surface area (Å²) in [6.07, 6.45) is 4.12. The van der Waals surface area contributed by atoms with Crippen molar-refractivity contribution < 1.29 is 13.5 Å². The Bertz CT molecular complexity index is 507.